The maximum atomic E-state index is 11.9. The molecule has 88 valence electrons. The molecule has 0 aromatic carbocycles. The van der Waals surface area contributed by atoms with Gasteiger partial charge in [0.2, 0.25) is 5.88 Å². The monoisotopic (exact) mass is 249 g/mol. The van der Waals surface area contributed by atoms with Crippen molar-refractivity contribution >= 4 is 17.4 Å². The van der Waals surface area contributed by atoms with E-state index in [0.29, 0.717) is 12.0 Å². The number of pyridine rings is 1. The second-order valence-corrected chi connectivity index (χ2v) is 3.40. The third-order valence-electron chi connectivity index (χ3n) is 1.80. The van der Waals surface area contributed by atoms with E-state index in [4.69, 9.17) is 11.6 Å². The van der Waals surface area contributed by atoms with E-state index in [1.54, 1.807) is 6.92 Å². The number of rotatable bonds is 5. The van der Waals surface area contributed by atoms with Crippen molar-refractivity contribution in [1.82, 2.24) is 4.98 Å². The van der Waals surface area contributed by atoms with Gasteiger partial charge in [-0.25, -0.2) is 13.8 Å². The summed E-state index contributed by atoms with van der Waals surface area (Å²) >= 11 is 5.73. The first-order chi connectivity index (χ1) is 7.54. The molecule has 1 heterocycles. The molecule has 0 aliphatic heterocycles. The van der Waals surface area contributed by atoms with Gasteiger partial charge in [0, 0.05) is 18.2 Å². The van der Waals surface area contributed by atoms with Crippen LogP contribution >= 0.6 is 11.6 Å². The number of ketones is 1. The molecule has 1 rings (SSSR count). The Morgan fingerprint density at radius 2 is 2.31 bits per heavy atom. The lowest BCUT2D eigenvalue weighted by atomic mass is 10.1. The van der Waals surface area contributed by atoms with E-state index in [-0.39, 0.29) is 16.7 Å². The van der Waals surface area contributed by atoms with Crippen molar-refractivity contribution in [2.75, 3.05) is 6.61 Å². The highest BCUT2D eigenvalue weighted by molar-refractivity contribution is 6.32. The molecule has 0 N–H and O–H groups in total. The molecule has 3 nitrogen and oxygen atoms in total. The molecule has 0 atom stereocenters. The molecule has 0 unspecified atom stereocenters. The quantitative estimate of drug-likeness (QED) is 0.753. The molecular weight excluding hydrogens is 240 g/mol. The van der Waals surface area contributed by atoms with Crippen molar-refractivity contribution in [3.63, 3.8) is 0 Å². The maximum absolute atomic E-state index is 11.9. The number of nitrogens with zero attached hydrogens (tertiary/aromatic N) is 1. The van der Waals surface area contributed by atoms with E-state index in [1.807, 2.05) is 0 Å². The van der Waals surface area contributed by atoms with Crippen LogP contribution in [0.3, 0.4) is 0 Å². The molecule has 0 aliphatic rings. The number of ether oxygens (including phenoxy) is 1. The lowest BCUT2D eigenvalue weighted by Gasteiger charge is -2.06. The summed E-state index contributed by atoms with van der Waals surface area (Å²) in [6.07, 6.45) is -0.997. The van der Waals surface area contributed by atoms with Crippen molar-refractivity contribution in [2.45, 2.75) is 19.8 Å². The fourth-order valence-corrected chi connectivity index (χ4v) is 1.25. The van der Waals surface area contributed by atoms with E-state index in [9.17, 15) is 13.6 Å². The molecule has 0 saturated carbocycles. The highest BCUT2D eigenvalue weighted by Gasteiger charge is 2.11. The van der Waals surface area contributed by atoms with Crippen LogP contribution in [0.25, 0.3) is 0 Å². The van der Waals surface area contributed by atoms with Crippen LogP contribution in [0, 0.1) is 0 Å². The Bertz CT molecular complexity index is 385. The summed E-state index contributed by atoms with van der Waals surface area (Å²) in [6.45, 7) is 0.936. The lowest BCUT2D eigenvalue weighted by molar-refractivity contribution is 0.0795. The van der Waals surface area contributed by atoms with E-state index >= 15 is 0 Å². The summed E-state index contributed by atoms with van der Waals surface area (Å²) in [5.74, 6) is -0.204. The Morgan fingerprint density at radius 3 is 2.81 bits per heavy atom. The van der Waals surface area contributed by atoms with E-state index in [1.165, 1.54) is 12.3 Å². The van der Waals surface area contributed by atoms with Crippen LogP contribution in [-0.4, -0.2) is 23.8 Å². The molecule has 0 spiro atoms. The van der Waals surface area contributed by atoms with Crippen LogP contribution in [0.4, 0.5) is 8.78 Å². The van der Waals surface area contributed by atoms with Gasteiger partial charge in [0.25, 0.3) is 6.43 Å². The van der Waals surface area contributed by atoms with Gasteiger partial charge in [-0.2, -0.15) is 0 Å². The molecule has 1 aromatic heterocycles. The number of carbonyl (C=O) groups is 1. The predicted molar refractivity (Wildman–Crippen MR) is 55.4 cm³/mol. The zero-order chi connectivity index (χ0) is 12.1. The van der Waals surface area contributed by atoms with Gasteiger partial charge in [-0.15, -0.1) is 0 Å². The molecule has 0 amide bonds. The standard InChI is InChI=1S/C10H10ClF2NO2/c1-2-8(15)6-3-7(11)10(14-4-6)16-5-9(12)13/h3-4,9H,2,5H2,1H3. The normalized spacial score (nSPS) is 10.6. The van der Waals surface area contributed by atoms with Gasteiger partial charge >= 0.3 is 0 Å². The predicted octanol–water partition coefficient (Wildman–Crippen LogP) is 2.97. The third-order valence-corrected chi connectivity index (χ3v) is 2.07. The fraction of sp³-hybridized carbons (Fsp3) is 0.400. The van der Waals surface area contributed by atoms with Crippen molar-refractivity contribution in [3.8, 4) is 5.88 Å². The zero-order valence-corrected chi connectivity index (χ0v) is 9.30. The number of alkyl halides is 2. The van der Waals surface area contributed by atoms with Gasteiger partial charge < -0.3 is 4.74 Å². The molecular formula is C10H10ClF2NO2. The van der Waals surface area contributed by atoms with Gasteiger partial charge in [0.1, 0.15) is 5.02 Å². The highest BCUT2D eigenvalue weighted by atomic mass is 35.5. The summed E-state index contributed by atoms with van der Waals surface area (Å²) < 4.78 is 28.4. The van der Waals surface area contributed by atoms with Crippen LogP contribution in [0.2, 0.25) is 5.02 Å². The molecule has 0 saturated heterocycles. The number of hydrogen-bond acceptors (Lipinski definition) is 3. The van der Waals surface area contributed by atoms with Gasteiger partial charge in [-0.3, -0.25) is 4.79 Å². The van der Waals surface area contributed by atoms with E-state index in [2.05, 4.69) is 9.72 Å². The summed E-state index contributed by atoms with van der Waals surface area (Å²) in [4.78, 5) is 15.0. The second kappa shape index (κ2) is 5.75. The Morgan fingerprint density at radius 1 is 1.62 bits per heavy atom. The van der Waals surface area contributed by atoms with E-state index in [0.717, 1.165) is 0 Å². The summed E-state index contributed by atoms with van der Waals surface area (Å²) in [7, 11) is 0. The molecule has 0 bridgehead atoms. The number of hydrogen-bond donors (Lipinski definition) is 0. The Labute approximate surface area is 96.4 Å². The van der Waals surface area contributed by atoms with Gasteiger partial charge in [-0.1, -0.05) is 18.5 Å². The SMILES string of the molecule is CCC(=O)c1cnc(OCC(F)F)c(Cl)c1. The first kappa shape index (κ1) is 12.8. The van der Waals surface area contributed by atoms with Gasteiger partial charge in [-0.05, 0) is 6.07 Å². The van der Waals surface area contributed by atoms with E-state index < -0.39 is 13.0 Å². The molecule has 0 aliphatic carbocycles. The lowest BCUT2D eigenvalue weighted by Crippen LogP contribution is -2.09. The van der Waals surface area contributed by atoms with Crippen LogP contribution < -0.4 is 4.74 Å². The Kier molecular flexibility index (Phi) is 4.61. The van der Waals surface area contributed by atoms with Crippen molar-refractivity contribution in [3.05, 3.63) is 22.8 Å². The number of halogens is 3. The zero-order valence-electron chi connectivity index (χ0n) is 8.54. The molecule has 1 aromatic rings. The van der Waals surface area contributed by atoms with Crippen LogP contribution in [0.5, 0.6) is 5.88 Å². The second-order valence-electron chi connectivity index (χ2n) is 2.99. The largest absolute Gasteiger partial charge is 0.471 e. The van der Waals surface area contributed by atoms with Crippen LogP contribution in [0.1, 0.15) is 23.7 Å². The maximum Gasteiger partial charge on any atom is 0.272 e. The third kappa shape index (κ3) is 3.41. The Balaban J connectivity index is 2.79. The minimum atomic E-state index is -2.59. The van der Waals surface area contributed by atoms with Gasteiger partial charge in [0.05, 0.1) is 0 Å². The van der Waals surface area contributed by atoms with Crippen molar-refractivity contribution in [2.24, 2.45) is 0 Å². The molecule has 0 fully saturated rings. The summed E-state index contributed by atoms with van der Waals surface area (Å²) in [6, 6.07) is 1.36. The molecule has 0 radical (unpaired) electrons. The van der Waals surface area contributed by atoms with Crippen LogP contribution in [-0.2, 0) is 0 Å². The minimum Gasteiger partial charge on any atom is -0.471 e. The van der Waals surface area contributed by atoms with Gasteiger partial charge in [0.15, 0.2) is 12.4 Å². The fourth-order valence-electron chi connectivity index (χ4n) is 1.03. The smallest absolute Gasteiger partial charge is 0.272 e. The first-order valence-corrected chi connectivity index (χ1v) is 5.02. The topological polar surface area (TPSA) is 39.2 Å². The number of carbonyl (C=O) groups excluding carboxylic acids is 1. The highest BCUT2D eigenvalue weighted by Crippen LogP contribution is 2.23. The first-order valence-electron chi connectivity index (χ1n) is 4.64. The minimum absolute atomic E-state index is 0.0555. The van der Waals surface area contributed by atoms with Crippen molar-refractivity contribution < 1.29 is 18.3 Å². The van der Waals surface area contributed by atoms with Crippen LogP contribution in [0.15, 0.2) is 12.3 Å². The summed E-state index contributed by atoms with van der Waals surface area (Å²) in [5.41, 5.74) is 0.344. The Hall–Kier alpha value is -1.23. The molecule has 6 heteroatoms. The number of Topliss-reactive ketones (excluding diaryl/α,β-unsaturated/α-hetero) is 1. The average molecular weight is 250 g/mol. The average Bonchev–Trinajstić information content (AvgIpc) is 2.26. The molecule has 16 heavy (non-hydrogen) atoms. The van der Waals surface area contributed by atoms with Crippen molar-refractivity contribution in [1.29, 1.82) is 0 Å². The summed E-state index contributed by atoms with van der Waals surface area (Å²) in [5, 5.41) is 0.0555. The number of aromatic nitrogens is 1.